The molecule has 138 valence electrons. The van der Waals surface area contributed by atoms with Gasteiger partial charge in [-0.05, 0) is 59.0 Å². The van der Waals surface area contributed by atoms with E-state index < -0.39 is 5.97 Å². The van der Waals surface area contributed by atoms with Gasteiger partial charge >= 0.3 is 5.97 Å². The van der Waals surface area contributed by atoms with E-state index in [4.69, 9.17) is 5.11 Å². The van der Waals surface area contributed by atoms with Gasteiger partial charge < -0.3 is 10.4 Å². The molecule has 0 fully saturated rings. The molecule has 1 aromatic heterocycles. The predicted octanol–water partition coefficient (Wildman–Crippen LogP) is 2.62. The molecule has 10 heteroatoms. The highest BCUT2D eigenvalue weighted by Gasteiger charge is 2.11. The van der Waals surface area contributed by atoms with Crippen LogP contribution in [0.25, 0.3) is 5.69 Å². The number of carbonyl (C=O) groups is 2. The number of nitrogens with zero attached hydrogens (tertiary/aromatic N) is 4. The van der Waals surface area contributed by atoms with Gasteiger partial charge in [-0.25, -0.2) is 9.18 Å². The minimum atomic E-state index is -1.01. The van der Waals surface area contributed by atoms with Crippen LogP contribution in [-0.2, 0) is 4.79 Å². The summed E-state index contributed by atoms with van der Waals surface area (Å²) in [7, 11) is 0. The zero-order valence-electron chi connectivity index (χ0n) is 13.9. The van der Waals surface area contributed by atoms with Gasteiger partial charge in [-0.2, -0.15) is 4.68 Å². The highest BCUT2D eigenvalue weighted by atomic mass is 32.2. The first-order valence-corrected chi connectivity index (χ1v) is 8.82. The zero-order valence-corrected chi connectivity index (χ0v) is 14.7. The van der Waals surface area contributed by atoms with Crippen molar-refractivity contribution in [3.05, 3.63) is 59.9 Å². The number of carboxylic acids is 1. The van der Waals surface area contributed by atoms with Gasteiger partial charge in [0, 0.05) is 17.9 Å². The summed E-state index contributed by atoms with van der Waals surface area (Å²) >= 11 is 1.29. The average molecular weight is 387 g/mol. The van der Waals surface area contributed by atoms with Crippen molar-refractivity contribution in [1.29, 1.82) is 0 Å². The lowest BCUT2D eigenvalue weighted by Gasteiger charge is -2.06. The topological polar surface area (TPSA) is 110 Å². The van der Waals surface area contributed by atoms with Crippen LogP contribution in [0.15, 0.2) is 53.7 Å². The van der Waals surface area contributed by atoms with Gasteiger partial charge in [0.15, 0.2) is 0 Å². The fourth-order valence-corrected chi connectivity index (χ4v) is 3.00. The first kappa shape index (κ1) is 18.5. The molecular formula is C17H14FN5O3S. The Hall–Kier alpha value is -3.27. The Balaban J connectivity index is 1.56. The van der Waals surface area contributed by atoms with Crippen molar-refractivity contribution in [3.8, 4) is 5.69 Å². The molecule has 1 heterocycles. The molecule has 0 unspecified atom stereocenters. The number of hydrogen-bond donors (Lipinski definition) is 2. The lowest BCUT2D eigenvalue weighted by molar-refractivity contribution is -0.115. The maximum absolute atomic E-state index is 12.9. The fourth-order valence-electron chi connectivity index (χ4n) is 2.17. The van der Waals surface area contributed by atoms with Gasteiger partial charge in [-0.15, -0.1) is 5.10 Å². The van der Waals surface area contributed by atoms with Crippen LogP contribution in [0, 0.1) is 5.82 Å². The van der Waals surface area contributed by atoms with Gasteiger partial charge in [0.05, 0.1) is 11.3 Å². The second kappa shape index (κ2) is 8.41. The monoisotopic (exact) mass is 387 g/mol. The van der Waals surface area contributed by atoms with E-state index in [2.05, 4.69) is 20.8 Å². The quantitative estimate of drug-likeness (QED) is 0.600. The fraction of sp³-hybridized carbons (Fsp3) is 0.118. The number of thioether (sulfide) groups is 1. The van der Waals surface area contributed by atoms with Crippen LogP contribution in [0.3, 0.4) is 0 Å². The van der Waals surface area contributed by atoms with E-state index in [0.29, 0.717) is 22.3 Å². The van der Waals surface area contributed by atoms with Gasteiger partial charge in [0.1, 0.15) is 5.82 Å². The molecule has 0 saturated heterocycles. The normalized spacial score (nSPS) is 10.6. The summed E-state index contributed by atoms with van der Waals surface area (Å²) in [5.74, 6) is -1.16. The van der Waals surface area contributed by atoms with Crippen molar-refractivity contribution in [2.24, 2.45) is 0 Å². The smallest absolute Gasteiger partial charge is 0.335 e. The number of amides is 1. The molecule has 0 bridgehead atoms. The maximum atomic E-state index is 12.9. The Bertz CT molecular complexity index is 944. The van der Waals surface area contributed by atoms with Crippen LogP contribution in [0.4, 0.5) is 10.1 Å². The van der Waals surface area contributed by atoms with E-state index in [1.165, 1.54) is 52.8 Å². The first-order chi connectivity index (χ1) is 13.0. The van der Waals surface area contributed by atoms with Crippen LogP contribution in [0.1, 0.15) is 16.8 Å². The summed E-state index contributed by atoms with van der Waals surface area (Å²) in [4.78, 5) is 22.9. The lowest BCUT2D eigenvalue weighted by atomic mass is 10.2. The number of aromatic carboxylic acids is 1. The standard InChI is InChI=1S/C17H14FN5O3S/c18-12-3-5-13(6-4-12)19-15(24)9-10-27-17-20-21-22-23(17)14-7-1-11(2-8-14)16(25)26/h1-8H,9-10H2,(H,19,24)(H,25,26). The van der Waals surface area contributed by atoms with Gasteiger partial charge in [-0.1, -0.05) is 11.8 Å². The third-order valence-electron chi connectivity index (χ3n) is 3.49. The summed E-state index contributed by atoms with van der Waals surface area (Å²) in [5.41, 5.74) is 1.30. The molecule has 0 aliphatic rings. The van der Waals surface area contributed by atoms with E-state index in [0.717, 1.165) is 0 Å². The average Bonchev–Trinajstić information content (AvgIpc) is 3.12. The Morgan fingerprint density at radius 2 is 1.81 bits per heavy atom. The highest BCUT2D eigenvalue weighted by molar-refractivity contribution is 7.99. The molecular weight excluding hydrogens is 373 g/mol. The molecule has 3 rings (SSSR count). The van der Waals surface area contributed by atoms with Crippen molar-refractivity contribution < 1.29 is 19.1 Å². The van der Waals surface area contributed by atoms with Crippen LogP contribution in [0.5, 0.6) is 0 Å². The summed E-state index contributed by atoms with van der Waals surface area (Å²) < 4.78 is 14.3. The second-order valence-electron chi connectivity index (χ2n) is 5.38. The molecule has 27 heavy (non-hydrogen) atoms. The van der Waals surface area contributed by atoms with E-state index in [9.17, 15) is 14.0 Å². The maximum Gasteiger partial charge on any atom is 0.335 e. The molecule has 0 atom stereocenters. The van der Waals surface area contributed by atoms with E-state index >= 15 is 0 Å². The largest absolute Gasteiger partial charge is 0.478 e. The number of carboxylic acid groups (broad SMARTS) is 1. The van der Waals surface area contributed by atoms with Crippen molar-refractivity contribution in [3.63, 3.8) is 0 Å². The summed E-state index contributed by atoms with van der Waals surface area (Å²) in [5, 5.41) is 23.5. The number of tetrazole rings is 1. The van der Waals surface area contributed by atoms with Crippen LogP contribution < -0.4 is 5.32 Å². The minimum absolute atomic E-state index is 0.165. The lowest BCUT2D eigenvalue weighted by Crippen LogP contribution is -2.12. The van der Waals surface area contributed by atoms with Crippen LogP contribution >= 0.6 is 11.8 Å². The number of aromatic nitrogens is 4. The third-order valence-corrected chi connectivity index (χ3v) is 4.41. The molecule has 0 aliphatic carbocycles. The second-order valence-corrected chi connectivity index (χ2v) is 6.44. The van der Waals surface area contributed by atoms with Crippen molar-refractivity contribution in [1.82, 2.24) is 20.2 Å². The van der Waals surface area contributed by atoms with Crippen molar-refractivity contribution in [2.45, 2.75) is 11.6 Å². The van der Waals surface area contributed by atoms with Crippen molar-refractivity contribution >= 4 is 29.3 Å². The van der Waals surface area contributed by atoms with Gasteiger partial charge in [-0.3, -0.25) is 4.79 Å². The molecule has 0 saturated carbocycles. The Morgan fingerprint density at radius 3 is 2.48 bits per heavy atom. The number of halogens is 1. The number of hydrogen-bond acceptors (Lipinski definition) is 6. The Morgan fingerprint density at radius 1 is 1.11 bits per heavy atom. The van der Waals surface area contributed by atoms with E-state index in [1.807, 2.05) is 0 Å². The van der Waals surface area contributed by atoms with Crippen LogP contribution in [0.2, 0.25) is 0 Å². The van der Waals surface area contributed by atoms with E-state index in [-0.39, 0.29) is 23.7 Å². The van der Waals surface area contributed by atoms with Gasteiger partial charge in [0.25, 0.3) is 0 Å². The number of nitrogens with one attached hydrogen (secondary N) is 1. The number of rotatable bonds is 7. The Kier molecular flexibility index (Phi) is 5.77. The SMILES string of the molecule is O=C(CCSc1nnnn1-c1ccc(C(=O)O)cc1)Nc1ccc(F)cc1. The summed E-state index contributed by atoms with van der Waals surface area (Å²) in [6.07, 6.45) is 0.215. The molecule has 2 aromatic carbocycles. The Labute approximate surface area is 157 Å². The van der Waals surface area contributed by atoms with Crippen molar-refractivity contribution in [2.75, 3.05) is 11.1 Å². The molecule has 0 spiro atoms. The first-order valence-electron chi connectivity index (χ1n) is 7.83. The molecule has 1 amide bonds. The van der Waals surface area contributed by atoms with E-state index in [1.54, 1.807) is 12.1 Å². The zero-order chi connectivity index (χ0) is 19.2. The highest BCUT2D eigenvalue weighted by Crippen LogP contribution is 2.19. The minimum Gasteiger partial charge on any atom is -0.478 e. The third kappa shape index (κ3) is 4.88. The predicted molar refractivity (Wildman–Crippen MR) is 96.5 cm³/mol. The molecule has 8 nitrogen and oxygen atoms in total. The molecule has 0 aliphatic heterocycles. The number of anilines is 1. The van der Waals surface area contributed by atoms with Gasteiger partial charge in [0.2, 0.25) is 11.1 Å². The number of benzene rings is 2. The number of carbonyl (C=O) groups excluding carboxylic acids is 1. The molecule has 2 N–H and O–H groups in total. The molecule has 0 radical (unpaired) electrons. The summed E-state index contributed by atoms with van der Waals surface area (Å²) in [6.45, 7) is 0. The van der Waals surface area contributed by atoms with Crippen LogP contribution in [-0.4, -0.2) is 42.9 Å². The molecule has 3 aromatic rings. The summed E-state index contributed by atoms with van der Waals surface area (Å²) in [6, 6.07) is 11.6.